The second-order valence-electron chi connectivity index (χ2n) is 3.09. The molecule has 1 aromatic rings. The van der Waals surface area contributed by atoms with Crippen molar-refractivity contribution in [3.63, 3.8) is 0 Å². The zero-order valence-corrected chi connectivity index (χ0v) is 9.56. The molecule has 0 unspecified atom stereocenters. The lowest BCUT2D eigenvalue weighted by atomic mass is 10.2. The highest BCUT2D eigenvalue weighted by atomic mass is 32.2. The Hall–Kier alpha value is -0.500. The van der Waals surface area contributed by atoms with E-state index in [0.717, 1.165) is 5.01 Å². The van der Waals surface area contributed by atoms with Crippen LogP contribution in [0.25, 0.3) is 0 Å². The van der Waals surface area contributed by atoms with Crippen molar-refractivity contribution in [2.24, 2.45) is 5.14 Å². The fraction of sp³-hybridized carbons (Fsp3) is 0.571. The molecule has 1 rings (SSSR count). The van der Waals surface area contributed by atoms with E-state index in [2.05, 4.69) is 14.3 Å². The van der Waals surface area contributed by atoms with Gasteiger partial charge < -0.3 is 0 Å². The van der Waals surface area contributed by atoms with E-state index in [4.69, 9.17) is 0 Å². The standard InChI is InChI=1S/C7H12N2O3S2/c1-5(2)7-9-6(4-13-7)3-12-14(8,10)11/h4-5H,3H2,1-2H3,(H2,8,10,11). The molecule has 0 fully saturated rings. The maximum Gasteiger partial charge on any atom is 0.333 e. The molecule has 0 aromatic carbocycles. The molecule has 0 aliphatic heterocycles. The van der Waals surface area contributed by atoms with Crippen LogP contribution in [0, 0.1) is 0 Å². The van der Waals surface area contributed by atoms with E-state index in [-0.39, 0.29) is 6.61 Å². The average Bonchev–Trinajstić information content (AvgIpc) is 2.47. The monoisotopic (exact) mass is 236 g/mol. The summed E-state index contributed by atoms with van der Waals surface area (Å²) in [6.45, 7) is 3.94. The fourth-order valence-corrected chi connectivity index (χ4v) is 1.90. The topological polar surface area (TPSA) is 82.3 Å². The molecule has 2 N–H and O–H groups in total. The predicted octanol–water partition coefficient (Wildman–Crippen LogP) is 0.987. The van der Waals surface area contributed by atoms with Gasteiger partial charge >= 0.3 is 10.3 Å². The number of nitrogens with zero attached hydrogens (tertiary/aromatic N) is 1. The van der Waals surface area contributed by atoms with Crippen molar-refractivity contribution in [3.8, 4) is 0 Å². The van der Waals surface area contributed by atoms with Crippen LogP contribution >= 0.6 is 11.3 Å². The van der Waals surface area contributed by atoms with Crippen molar-refractivity contribution in [2.75, 3.05) is 0 Å². The van der Waals surface area contributed by atoms with Crippen LogP contribution in [0.4, 0.5) is 0 Å². The summed E-state index contributed by atoms with van der Waals surface area (Å²) in [5.74, 6) is 0.336. The van der Waals surface area contributed by atoms with Crippen molar-refractivity contribution < 1.29 is 12.6 Å². The molecule has 0 aliphatic rings. The number of hydrogen-bond acceptors (Lipinski definition) is 5. The largest absolute Gasteiger partial charge is 0.333 e. The van der Waals surface area contributed by atoms with E-state index in [1.54, 1.807) is 5.38 Å². The summed E-state index contributed by atoms with van der Waals surface area (Å²) in [6.07, 6.45) is 0. The van der Waals surface area contributed by atoms with Crippen LogP contribution in [0.15, 0.2) is 5.38 Å². The van der Waals surface area contributed by atoms with Crippen molar-refractivity contribution in [3.05, 3.63) is 16.1 Å². The van der Waals surface area contributed by atoms with Crippen LogP contribution in [0.2, 0.25) is 0 Å². The molecule has 0 saturated heterocycles. The first kappa shape index (κ1) is 11.6. The van der Waals surface area contributed by atoms with Gasteiger partial charge in [-0.25, -0.2) is 10.1 Å². The van der Waals surface area contributed by atoms with E-state index in [1.807, 2.05) is 13.8 Å². The Kier molecular flexibility index (Phi) is 3.59. The highest BCUT2D eigenvalue weighted by molar-refractivity contribution is 7.84. The molecule has 0 atom stereocenters. The van der Waals surface area contributed by atoms with Gasteiger partial charge in [0.2, 0.25) is 0 Å². The first-order valence-electron chi connectivity index (χ1n) is 4.00. The fourth-order valence-electron chi connectivity index (χ4n) is 0.797. The van der Waals surface area contributed by atoms with E-state index in [0.29, 0.717) is 11.6 Å². The van der Waals surface area contributed by atoms with Gasteiger partial charge in [-0.15, -0.1) is 11.3 Å². The van der Waals surface area contributed by atoms with Gasteiger partial charge in [0, 0.05) is 11.3 Å². The molecule has 0 aliphatic carbocycles. The number of thiazole rings is 1. The minimum atomic E-state index is -3.87. The van der Waals surface area contributed by atoms with Crippen molar-refractivity contribution in [1.29, 1.82) is 0 Å². The van der Waals surface area contributed by atoms with E-state index < -0.39 is 10.3 Å². The van der Waals surface area contributed by atoms with E-state index >= 15 is 0 Å². The summed E-state index contributed by atoms with van der Waals surface area (Å²) in [4.78, 5) is 4.19. The molecule has 0 amide bonds. The Labute approximate surface area is 87.2 Å². The number of hydrogen-bond donors (Lipinski definition) is 1. The van der Waals surface area contributed by atoms with Crippen LogP contribution in [-0.2, 0) is 21.1 Å². The molecule has 0 bridgehead atoms. The Morgan fingerprint density at radius 1 is 1.64 bits per heavy atom. The minimum Gasteiger partial charge on any atom is -0.252 e. The molecule has 0 spiro atoms. The Morgan fingerprint density at radius 2 is 2.29 bits per heavy atom. The molecule has 5 nitrogen and oxygen atoms in total. The molecule has 0 saturated carbocycles. The van der Waals surface area contributed by atoms with Gasteiger partial charge in [0.25, 0.3) is 0 Å². The maximum absolute atomic E-state index is 10.5. The van der Waals surface area contributed by atoms with Gasteiger partial charge in [-0.05, 0) is 0 Å². The zero-order valence-electron chi connectivity index (χ0n) is 7.93. The third-order valence-electron chi connectivity index (χ3n) is 1.43. The first-order chi connectivity index (χ1) is 6.38. The number of nitrogens with two attached hydrogens (primary N) is 1. The highest BCUT2D eigenvalue weighted by Crippen LogP contribution is 2.19. The summed E-state index contributed by atoms with van der Waals surface area (Å²) in [5.41, 5.74) is 0.590. The Balaban J connectivity index is 2.61. The van der Waals surface area contributed by atoms with Gasteiger partial charge in [-0.1, -0.05) is 13.8 Å². The second kappa shape index (κ2) is 4.35. The first-order valence-corrected chi connectivity index (χ1v) is 6.35. The van der Waals surface area contributed by atoms with Crippen LogP contribution < -0.4 is 5.14 Å². The van der Waals surface area contributed by atoms with Crippen LogP contribution in [0.3, 0.4) is 0 Å². The predicted molar refractivity (Wildman–Crippen MR) is 54.1 cm³/mol. The highest BCUT2D eigenvalue weighted by Gasteiger charge is 2.08. The van der Waals surface area contributed by atoms with Crippen LogP contribution in [0.5, 0.6) is 0 Å². The van der Waals surface area contributed by atoms with Crippen molar-refractivity contribution >= 4 is 21.6 Å². The zero-order chi connectivity index (χ0) is 10.8. The van der Waals surface area contributed by atoms with Gasteiger partial charge in [0.05, 0.1) is 10.7 Å². The quantitative estimate of drug-likeness (QED) is 0.845. The molecule has 0 radical (unpaired) electrons. The lowest BCUT2D eigenvalue weighted by molar-refractivity contribution is 0.304. The Morgan fingerprint density at radius 3 is 2.71 bits per heavy atom. The van der Waals surface area contributed by atoms with Gasteiger partial charge in [0.1, 0.15) is 6.61 Å². The molecular weight excluding hydrogens is 224 g/mol. The Bertz CT molecular complexity index is 397. The van der Waals surface area contributed by atoms with Crippen LogP contribution in [0.1, 0.15) is 30.5 Å². The number of rotatable bonds is 4. The molecule has 7 heteroatoms. The van der Waals surface area contributed by atoms with E-state index in [1.165, 1.54) is 11.3 Å². The summed E-state index contributed by atoms with van der Waals surface area (Å²) in [6, 6.07) is 0. The molecule has 1 heterocycles. The lowest BCUT2D eigenvalue weighted by Gasteiger charge is -1.98. The summed E-state index contributed by atoms with van der Waals surface area (Å²) in [7, 11) is -3.87. The average molecular weight is 236 g/mol. The number of aromatic nitrogens is 1. The summed E-state index contributed by atoms with van der Waals surface area (Å²) in [5, 5.41) is 7.40. The van der Waals surface area contributed by atoms with Crippen LogP contribution in [-0.4, -0.2) is 13.4 Å². The summed E-state index contributed by atoms with van der Waals surface area (Å²) >= 11 is 1.48. The van der Waals surface area contributed by atoms with Gasteiger partial charge in [-0.3, -0.25) is 4.18 Å². The maximum atomic E-state index is 10.5. The lowest BCUT2D eigenvalue weighted by Crippen LogP contribution is -2.15. The van der Waals surface area contributed by atoms with Crippen molar-refractivity contribution in [1.82, 2.24) is 4.98 Å². The molecular formula is C7H12N2O3S2. The second-order valence-corrected chi connectivity index (χ2v) is 5.20. The minimum absolute atomic E-state index is 0.0952. The molecule has 1 aromatic heterocycles. The molecule has 14 heavy (non-hydrogen) atoms. The third-order valence-corrected chi connectivity index (χ3v) is 3.07. The SMILES string of the molecule is CC(C)c1nc(COS(N)(=O)=O)cs1. The normalized spacial score (nSPS) is 12.3. The van der Waals surface area contributed by atoms with Gasteiger partial charge in [0.15, 0.2) is 0 Å². The smallest absolute Gasteiger partial charge is 0.252 e. The van der Waals surface area contributed by atoms with Gasteiger partial charge in [-0.2, -0.15) is 8.42 Å². The summed E-state index contributed by atoms with van der Waals surface area (Å²) < 4.78 is 25.4. The van der Waals surface area contributed by atoms with E-state index in [9.17, 15) is 8.42 Å². The molecule has 80 valence electrons. The van der Waals surface area contributed by atoms with Crippen molar-refractivity contribution in [2.45, 2.75) is 26.4 Å². The third kappa shape index (κ3) is 3.70.